The van der Waals surface area contributed by atoms with Crippen molar-refractivity contribution in [3.05, 3.63) is 37.1 Å². The van der Waals surface area contributed by atoms with E-state index in [0.717, 1.165) is 13.0 Å². The van der Waals surface area contributed by atoms with E-state index in [1.807, 2.05) is 10.8 Å². The summed E-state index contributed by atoms with van der Waals surface area (Å²) in [4.78, 5) is 8.00. The SMILES string of the molecule is Nc1cccnc1S(=O)CCCn1ccnc1. The van der Waals surface area contributed by atoms with Crippen molar-refractivity contribution in [2.45, 2.75) is 18.0 Å². The summed E-state index contributed by atoms with van der Waals surface area (Å²) in [6.45, 7) is 0.804. The van der Waals surface area contributed by atoms with Gasteiger partial charge in [0.05, 0.1) is 22.8 Å². The van der Waals surface area contributed by atoms with Gasteiger partial charge in [0.1, 0.15) is 5.03 Å². The zero-order valence-corrected chi connectivity index (χ0v) is 10.1. The van der Waals surface area contributed by atoms with Crippen molar-refractivity contribution in [2.24, 2.45) is 0 Å². The Hall–Kier alpha value is -1.69. The van der Waals surface area contributed by atoms with E-state index in [-0.39, 0.29) is 0 Å². The quantitative estimate of drug-likeness (QED) is 0.861. The summed E-state index contributed by atoms with van der Waals surface area (Å²) in [6.07, 6.45) is 7.78. The van der Waals surface area contributed by atoms with Crippen LogP contribution < -0.4 is 5.73 Å². The zero-order valence-electron chi connectivity index (χ0n) is 9.32. The monoisotopic (exact) mass is 250 g/mol. The highest BCUT2D eigenvalue weighted by Crippen LogP contribution is 2.12. The highest BCUT2D eigenvalue weighted by molar-refractivity contribution is 7.85. The molecule has 0 amide bonds. The number of nitrogen functional groups attached to an aromatic ring is 1. The van der Waals surface area contributed by atoms with Gasteiger partial charge in [0.15, 0.2) is 0 Å². The number of nitrogens with two attached hydrogens (primary N) is 1. The third kappa shape index (κ3) is 3.13. The van der Waals surface area contributed by atoms with Gasteiger partial charge in [0, 0.05) is 30.9 Å². The highest BCUT2D eigenvalue weighted by atomic mass is 32.2. The fraction of sp³-hybridized carbons (Fsp3) is 0.273. The van der Waals surface area contributed by atoms with Crippen molar-refractivity contribution in [2.75, 3.05) is 11.5 Å². The van der Waals surface area contributed by atoms with Gasteiger partial charge in [0.2, 0.25) is 0 Å². The highest BCUT2D eigenvalue weighted by Gasteiger charge is 2.08. The molecule has 0 aliphatic rings. The van der Waals surface area contributed by atoms with Gasteiger partial charge in [-0.05, 0) is 18.6 Å². The average molecular weight is 250 g/mol. The standard InChI is InChI=1S/C11H14N4OS/c12-10-3-1-4-14-11(10)17(16)8-2-6-15-7-5-13-9-15/h1,3-5,7,9H,2,6,8,12H2. The molecule has 17 heavy (non-hydrogen) atoms. The summed E-state index contributed by atoms with van der Waals surface area (Å²) in [6, 6.07) is 3.46. The molecule has 0 fully saturated rings. The lowest BCUT2D eigenvalue weighted by molar-refractivity contribution is 0.656. The number of anilines is 1. The summed E-state index contributed by atoms with van der Waals surface area (Å²) in [7, 11) is -1.13. The van der Waals surface area contributed by atoms with Crippen LogP contribution >= 0.6 is 0 Å². The number of hydrogen-bond donors (Lipinski definition) is 1. The maximum atomic E-state index is 11.9. The predicted molar refractivity (Wildman–Crippen MR) is 66.8 cm³/mol. The molecule has 1 unspecified atom stereocenters. The van der Waals surface area contributed by atoms with E-state index in [9.17, 15) is 4.21 Å². The zero-order chi connectivity index (χ0) is 12.1. The molecule has 2 N–H and O–H groups in total. The van der Waals surface area contributed by atoms with Gasteiger partial charge in [0.25, 0.3) is 0 Å². The largest absolute Gasteiger partial charge is 0.396 e. The van der Waals surface area contributed by atoms with E-state index in [1.165, 1.54) is 0 Å². The molecule has 0 saturated heterocycles. The summed E-state index contributed by atoms with van der Waals surface area (Å²) >= 11 is 0. The van der Waals surface area contributed by atoms with Crippen LogP contribution in [0.2, 0.25) is 0 Å². The van der Waals surface area contributed by atoms with E-state index in [1.54, 1.807) is 30.9 Å². The second-order valence-electron chi connectivity index (χ2n) is 3.60. The van der Waals surface area contributed by atoms with Crippen molar-refractivity contribution in [3.8, 4) is 0 Å². The first-order valence-electron chi connectivity index (χ1n) is 5.32. The van der Waals surface area contributed by atoms with Gasteiger partial charge in [-0.25, -0.2) is 9.97 Å². The van der Waals surface area contributed by atoms with Crippen LogP contribution in [-0.4, -0.2) is 24.5 Å². The second-order valence-corrected chi connectivity index (χ2v) is 5.09. The molecule has 2 heterocycles. The molecule has 2 aromatic heterocycles. The minimum absolute atomic E-state index is 0.484. The van der Waals surface area contributed by atoms with Crippen molar-refractivity contribution >= 4 is 16.5 Å². The third-order valence-corrected chi connectivity index (χ3v) is 3.75. The van der Waals surface area contributed by atoms with Gasteiger partial charge in [-0.2, -0.15) is 0 Å². The number of imidazole rings is 1. The molecule has 1 atom stereocenters. The van der Waals surface area contributed by atoms with E-state index in [0.29, 0.717) is 16.5 Å². The van der Waals surface area contributed by atoms with Gasteiger partial charge in [-0.15, -0.1) is 0 Å². The minimum atomic E-state index is -1.13. The molecule has 0 spiro atoms. The molecule has 0 radical (unpaired) electrons. The lowest BCUT2D eigenvalue weighted by Gasteiger charge is -2.04. The van der Waals surface area contributed by atoms with Gasteiger partial charge in [-0.3, -0.25) is 4.21 Å². The molecule has 0 aliphatic heterocycles. The van der Waals surface area contributed by atoms with Gasteiger partial charge >= 0.3 is 0 Å². The predicted octanol–water partition coefficient (Wildman–Crippen LogP) is 1.06. The molecular formula is C11H14N4OS. The topological polar surface area (TPSA) is 73.8 Å². The van der Waals surface area contributed by atoms with Crippen LogP contribution in [0.5, 0.6) is 0 Å². The van der Waals surface area contributed by atoms with Crippen molar-refractivity contribution < 1.29 is 4.21 Å². The summed E-state index contributed by atoms with van der Waals surface area (Å²) in [5.41, 5.74) is 6.21. The number of hydrogen-bond acceptors (Lipinski definition) is 4. The van der Waals surface area contributed by atoms with Crippen LogP contribution in [0.3, 0.4) is 0 Å². The normalized spacial score (nSPS) is 12.5. The molecule has 0 aromatic carbocycles. The Bertz CT molecular complexity index is 498. The molecule has 0 saturated carbocycles. The van der Waals surface area contributed by atoms with Crippen LogP contribution in [0.25, 0.3) is 0 Å². The van der Waals surface area contributed by atoms with Crippen LogP contribution in [0.15, 0.2) is 42.1 Å². The molecule has 6 heteroatoms. The fourth-order valence-corrected chi connectivity index (χ4v) is 2.58. The second kappa shape index (κ2) is 5.58. The first-order chi connectivity index (χ1) is 8.27. The van der Waals surface area contributed by atoms with Crippen molar-refractivity contribution in [1.82, 2.24) is 14.5 Å². The number of aromatic nitrogens is 3. The Kier molecular flexibility index (Phi) is 3.87. The third-order valence-electron chi connectivity index (χ3n) is 2.32. The Labute approximate surface area is 102 Å². The van der Waals surface area contributed by atoms with E-state index in [2.05, 4.69) is 9.97 Å². The van der Waals surface area contributed by atoms with Gasteiger partial charge in [-0.1, -0.05) is 0 Å². The molecule has 90 valence electrons. The molecule has 0 bridgehead atoms. The summed E-state index contributed by atoms with van der Waals surface area (Å²) in [5, 5.41) is 0.484. The maximum Gasteiger partial charge on any atom is 0.150 e. The maximum absolute atomic E-state index is 11.9. The summed E-state index contributed by atoms with van der Waals surface area (Å²) in [5.74, 6) is 0.555. The lowest BCUT2D eigenvalue weighted by atomic mass is 10.4. The average Bonchev–Trinajstić information content (AvgIpc) is 2.82. The lowest BCUT2D eigenvalue weighted by Crippen LogP contribution is -2.06. The van der Waals surface area contributed by atoms with Crippen LogP contribution in [0.1, 0.15) is 6.42 Å². The number of aryl methyl sites for hydroxylation is 1. The Balaban J connectivity index is 1.88. The van der Waals surface area contributed by atoms with E-state index >= 15 is 0 Å². The smallest absolute Gasteiger partial charge is 0.150 e. The van der Waals surface area contributed by atoms with E-state index < -0.39 is 10.8 Å². The fourth-order valence-electron chi connectivity index (χ4n) is 1.49. The molecule has 2 rings (SSSR count). The number of nitrogens with zero attached hydrogens (tertiary/aromatic N) is 3. The van der Waals surface area contributed by atoms with E-state index in [4.69, 9.17) is 5.73 Å². The Morgan fingerprint density at radius 3 is 3.00 bits per heavy atom. The molecule has 5 nitrogen and oxygen atoms in total. The molecule has 0 aliphatic carbocycles. The first-order valence-corrected chi connectivity index (χ1v) is 6.64. The van der Waals surface area contributed by atoms with Gasteiger partial charge < -0.3 is 10.3 Å². The van der Waals surface area contributed by atoms with Crippen LogP contribution in [-0.2, 0) is 17.3 Å². The van der Waals surface area contributed by atoms with Crippen molar-refractivity contribution in [3.63, 3.8) is 0 Å². The van der Waals surface area contributed by atoms with Crippen molar-refractivity contribution in [1.29, 1.82) is 0 Å². The number of rotatable bonds is 5. The Morgan fingerprint density at radius 2 is 2.29 bits per heavy atom. The van der Waals surface area contributed by atoms with Crippen LogP contribution in [0.4, 0.5) is 5.69 Å². The number of pyridine rings is 1. The van der Waals surface area contributed by atoms with Crippen LogP contribution in [0, 0.1) is 0 Å². The first kappa shape index (κ1) is 11.8. The Morgan fingerprint density at radius 1 is 1.41 bits per heavy atom. The molecular weight excluding hydrogens is 236 g/mol. The molecule has 2 aromatic rings. The summed E-state index contributed by atoms with van der Waals surface area (Å²) < 4.78 is 13.9. The minimum Gasteiger partial charge on any atom is -0.396 e.